The van der Waals surface area contributed by atoms with Crippen molar-refractivity contribution >= 4 is 6.03 Å². The SMILES string of the molecule is CCN1CCCCC1CNC(=O)NC1CCC(O)CC1. The second-order valence-corrected chi connectivity index (χ2v) is 6.14. The Hall–Kier alpha value is -0.810. The molecule has 1 heterocycles. The van der Waals surface area contributed by atoms with E-state index in [0.717, 1.165) is 45.3 Å². The average molecular weight is 283 g/mol. The third kappa shape index (κ3) is 4.63. The van der Waals surface area contributed by atoms with Crippen molar-refractivity contribution in [2.75, 3.05) is 19.6 Å². The fourth-order valence-electron chi connectivity index (χ4n) is 3.37. The fourth-order valence-corrected chi connectivity index (χ4v) is 3.37. The molecule has 2 aliphatic rings. The van der Waals surface area contributed by atoms with Crippen molar-refractivity contribution < 1.29 is 9.90 Å². The summed E-state index contributed by atoms with van der Waals surface area (Å²) >= 11 is 0. The van der Waals surface area contributed by atoms with Gasteiger partial charge in [0.15, 0.2) is 0 Å². The van der Waals surface area contributed by atoms with Gasteiger partial charge in [0.25, 0.3) is 0 Å². The molecule has 1 saturated carbocycles. The molecule has 3 N–H and O–H groups in total. The number of carbonyl (C=O) groups is 1. The summed E-state index contributed by atoms with van der Waals surface area (Å²) in [5, 5.41) is 15.5. The molecule has 20 heavy (non-hydrogen) atoms. The quantitative estimate of drug-likeness (QED) is 0.732. The number of hydrogen-bond acceptors (Lipinski definition) is 3. The van der Waals surface area contributed by atoms with Gasteiger partial charge < -0.3 is 15.7 Å². The van der Waals surface area contributed by atoms with Crippen molar-refractivity contribution in [3.8, 4) is 0 Å². The second kappa shape index (κ2) is 7.84. The van der Waals surface area contributed by atoms with E-state index in [1.165, 1.54) is 19.3 Å². The molecule has 1 aliphatic heterocycles. The Morgan fingerprint density at radius 2 is 1.95 bits per heavy atom. The number of aliphatic hydroxyl groups excluding tert-OH is 1. The summed E-state index contributed by atoms with van der Waals surface area (Å²) in [6, 6.07) is 0.674. The number of rotatable bonds is 4. The van der Waals surface area contributed by atoms with Crippen molar-refractivity contribution in [1.82, 2.24) is 15.5 Å². The zero-order valence-corrected chi connectivity index (χ0v) is 12.6. The predicted octanol–water partition coefficient (Wildman–Crippen LogP) is 1.46. The van der Waals surface area contributed by atoms with Crippen LogP contribution in [-0.2, 0) is 0 Å². The maximum absolute atomic E-state index is 11.9. The number of likely N-dealkylation sites (tertiary alicyclic amines) is 1. The summed E-state index contributed by atoms with van der Waals surface area (Å²) in [6.45, 7) is 5.15. The van der Waals surface area contributed by atoms with Crippen molar-refractivity contribution in [2.24, 2.45) is 0 Å². The Kier molecular flexibility index (Phi) is 6.10. The molecule has 1 aliphatic carbocycles. The molecule has 2 fully saturated rings. The van der Waals surface area contributed by atoms with Crippen LogP contribution in [0.15, 0.2) is 0 Å². The first kappa shape index (κ1) is 15.6. The number of carbonyl (C=O) groups excluding carboxylic acids is 1. The number of likely N-dealkylation sites (N-methyl/N-ethyl adjacent to an activating group) is 1. The highest BCUT2D eigenvalue weighted by Gasteiger charge is 2.23. The lowest BCUT2D eigenvalue weighted by Crippen LogP contribution is -2.50. The van der Waals surface area contributed by atoms with Gasteiger partial charge in [0, 0.05) is 18.6 Å². The topological polar surface area (TPSA) is 64.6 Å². The number of aliphatic hydroxyl groups is 1. The summed E-state index contributed by atoms with van der Waals surface area (Å²) in [7, 11) is 0. The van der Waals surface area contributed by atoms with Gasteiger partial charge in [-0.25, -0.2) is 4.79 Å². The van der Waals surface area contributed by atoms with Crippen LogP contribution in [0.25, 0.3) is 0 Å². The zero-order valence-electron chi connectivity index (χ0n) is 12.6. The van der Waals surface area contributed by atoms with E-state index in [2.05, 4.69) is 22.5 Å². The number of nitrogens with one attached hydrogen (secondary N) is 2. The van der Waals surface area contributed by atoms with Crippen LogP contribution in [-0.4, -0.2) is 53.9 Å². The average Bonchev–Trinajstić information content (AvgIpc) is 2.48. The number of urea groups is 1. The molecule has 1 saturated heterocycles. The van der Waals surface area contributed by atoms with Crippen molar-refractivity contribution in [3.05, 3.63) is 0 Å². The lowest BCUT2D eigenvalue weighted by Gasteiger charge is -2.35. The van der Waals surface area contributed by atoms with Gasteiger partial charge in [-0.3, -0.25) is 4.90 Å². The van der Waals surface area contributed by atoms with Crippen LogP contribution >= 0.6 is 0 Å². The molecule has 2 amide bonds. The number of nitrogens with zero attached hydrogens (tertiary/aromatic N) is 1. The number of amides is 2. The first-order valence-corrected chi connectivity index (χ1v) is 8.15. The second-order valence-electron chi connectivity index (χ2n) is 6.14. The molecule has 0 aromatic rings. The van der Waals surface area contributed by atoms with E-state index in [1.807, 2.05) is 0 Å². The van der Waals surface area contributed by atoms with Crippen molar-refractivity contribution in [1.29, 1.82) is 0 Å². The molecule has 0 aromatic heterocycles. The molecular formula is C15H29N3O2. The molecule has 2 rings (SSSR count). The van der Waals surface area contributed by atoms with E-state index in [4.69, 9.17) is 0 Å². The van der Waals surface area contributed by atoms with E-state index in [-0.39, 0.29) is 18.2 Å². The van der Waals surface area contributed by atoms with Gasteiger partial charge in [0.2, 0.25) is 0 Å². The van der Waals surface area contributed by atoms with Crippen LogP contribution in [0.3, 0.4) is 0 Å². The lowest BCUT2D eigenvalue weighted by atomic mass is 9.93. The van der Waals surface area contributed by atoms with Gasteiger partial charge in [0.05, 0.1) is 6.10 Å². The highest BCUT2D eigenvalue weighted by molar-refractivity contribution is 5.74. The third-order valence-electron chi connectivity index (χ3n) is 4.69. The Morgan fingerprint density at radius 3 is 2.65 bits per heavy atom. The molecule has 1 unspecified atom stereocenters. The van der Waals surface area contributed by atoms with E-state index >= 15 is 0 Å². The van der Waals surface area contributed by atoms with Gasteiger partial charge >= 0.3 is 6.03 Å². The molecule has 1 atom stereocenters. The normalized spacial score (nSPS) is 31.8. The van der Waals surface area contributed by atoms with Gasteiger partial charge in [-0.1, -0.05) is 13.3 Å². The number of piperidine rings is 1. The molecular weight excluding hydrogens is 254 g/mol. The summed E-state index contributed by atoms with van der Waals surface area (Å²) in [6.07, 6.45) is 6.94. The van der Waals surface area contributed by atoms with Crippen molar-refractivity contribution in [2.45, 2.75) is 70.1 Å². The summed E-state index contributed by atoms with van der Waals surface area (Å²) < 4.78 is 0. The van der Waals surface area contributed by atoms with Gasteiger partial charge in [-0.15, -0.1) is 0 Å². The van der Waals surface area contributed by atoms with Crippen LogP contribution in [0, 0.1) is 0 Å². The molecule has 116 valence electrons. The molecule has 0 bridgehead atoms. The van der Waals surface area contributed by atoms with E-state index in [0.29, 0.717) is 6.04 Å². The predicted molar refractivity (Wildman–Crippen MR) is 79.7 cm³/mol. The minimum absolute atomic E-state index is 0.0481. The van der Waals surface area contributed by atoms with Gasteiger partial charge in [0.1, 0.15) is 0 Å². The monoisotopic (exact) mass is 283 g/mol. The Balaban J connectivity index is 1.66. The zero-order chi connectivity index (χ0) is 14.4. The lowest BCUT2D eigenvalue weighted by molar-refractivity contribution is 0.117. The highest BCUT2D eigenvalue weighted by atomic mass is 16.3. The molecule has 0 spiro atoms. The van der Waals surface area contributed by atoms with Crippen LogP contribution in [0.4, 0.5) is 4.79 Å². The van der Waals surface area contributed by atoms with Crippen LogP contribution in [0.1, 0.15) is 51.9 Å². The summed E-state index contributed by atoms with van der Waals surface area (Å²) in [5.41, 5.74) is 0. The minimum Gasteiger partial charge on any atom is -0.393 e. The van der Waals surface area contributed by atoms with Crippen molar-refractivity contribution in [3.63, 3.8) is 0 Å². The summed E-state index contributed by atoms with van der Waals surface area (Å²) in [5.74, 6) is 0. The molecule has 5 nitrogen and oxygen atoms in total. The Labute approximate surface area is 122 Å². The molecule has 0 radical (unpaired) electrons. The third-order valence-corrected chi connectivity index (χ3v) is 4.69. The van der Waals surface area contributed by atoms with Gasteiger partial charge in [-0.05, 0) is 51.6 Å². The standard InChI is InChI=1S/C15H29N3O2/c1-2-18-10-4-3-5-13(18)11-16-15(20)17-12-6-8-14(19)9-7-12/h12-14,19H,2-11H2,1H3,(H2,16,17,20). The maximum atomic E-state index is 11.9. The smallest absolute Gasteiger partial charge is 0.315 e. The van der Waals surface area contributed by atoms with E-state index < -0.39 is 0 Å². The summed E-state index contributed by atoms with van der Waals surface area (Å²) in [4.78, 5) is 14.4. The molecule has 0 aromatic carbocycles. The van der Waals surface area contributed by atoms with E-state index in [1.54, 1.807) is 0 Å². The van der Waals surface area contributed by atoms with Gasteiger partial charge in [-0.2, -0.15) is 0 Å². The van der Waals surface area contributed by atoms with Crippen LogP contribution < -0.4 is 10.6 Å². The van der Waals surface area contributed by atoms with Crippen LogP contribution in [0.2, 0.25) is 0 Å². The first-order chi connectivity index (χ1) is 9.69. The maximum Gasteiger partial charge on any atom is 0.315 e. The van der Waals surface area contributed by atoms with Crippen LogP contribution in [0.5, 0.6) is 0 Å². The highest BCUT2D eigenvalue weighted by Crippen LogP contribution is 2.18. The molecule has 5 heteroatoms. The first-order valence-electron chi connectivity index (χ1n) is 8.15. The number of hydrogen-bond donors (Lipinski definition) is 3. The fraction of sp³-hybridized carbons (Fsp3) is 0.933. The minimum atomic E-state index is -0.170. The largest absolute Gasteiger partial charge is 0.393 e. The Bertz CT molecular complexity index is 303. The Morgan fingerprint density at radius 1 is 1.20 bits per heavy atom. The van der Waals surface area contributed by atoms with E-state index in [9.17, 15) is 9.90 Å².